The minimum Gasteiger partial charge on any atom is -0.390 e. The Balaban J connectivity index is 1.57. The van der Waals surface area contributed by atoms with E-state index in [-0.39, 0.29) is 6.61 Å². The van der Waals surface area contributed by atoms with Gasteiger partial charge in [0, 0.05) is 31.0 Å². The molecular weight excluding hydrogens is 250 g/mol. The van der Waals surface area contributed by atoms with Gasteiger partial charge >= 0.3 is 0 Å². The molecule has 0 unspecified atom stereocenters. The van der Waals surface area contributed by atoms with E-state index < -0.39 is 0 Å². The number of hydrogen-bond acceptors (Lipinski definition) is 4. The van der Waals surface area contributed by atoms with Crippen LogP contribution in [0.3, 0.4) is 0 Å². The van der Waals surface area contributed by atoms with Crippen LogP contribution in [0.2, 0.25) is 0 Å². The lowest BCUT2D eigenvalue weighted by molar-refractivity contribution is 0.141. The number of likely N-dealkylation sites (tertiary alicyclic amines) is 1. The first-order valence-electron chi connectivity index (χ1n) is 7.91. The van der Waals surface area contributed by atoms with E-state index in [0.29, 0.717) is 0 Å². The van der Waals surface area contributed by atoms with Crippen molar-refractivity contribution in [1.29, 1.82) is 0 Å². The number of aliphatic hydroxyl groups excluding tert-OH is 1. The largest absolute Gasteiger partial charge is 0.390 e. The lowest BCUT2D eigenvalue weighted by atomic mass is 9.99. The topological polar surface area (TPSA) is 39.6 Å². The van der Waals surface area contributed by atoms with Crippen molar-refractivity contribution in [3.8, 4) is 0 Å². The van der Waals surface area contributed by atoms with Crippen LogP contribution in [0.5, 0.6) is 0 Å². The summed E-state index contributed by atoms with van der Waals surface area (Å²) in [5, 5.41) is 9.18. The molecule has 1 aromatic rings. The van der Waals surface area contributed by atoms with Gasteiger partial charge in [-0.3, -0.25) is 4.98 Å². The summed E-state index contributed by atoms with van der Waals surface area (Å²) in [6, 6.07) is 4.85. The number of aromatic nitrogens is 1. The van der Waals surface area contributed by atoms with Crippen molar-refractivity contribution in [1.82, 2.24) is 9.88 Å². The summed E-state index contributed by atoms with van der Waals surface area (Å²) in [6.45, 7) is 4.87. The van der Waals surface area contributed by atoms with Gasteiger partial charge in [0.1, 0.15) is 0 Å². The van der Waals surface area contributed by atoms with Crippen LogP contribution >= 0.6 is 0 Å². The van der Waals surface area contributed by atoms with Crippen molar-refractivity contribution in [2.45, 2.75) is 44.8 Å². The molecule has 2 aliphatic rings. The Labute approximate surface area is 121 Å². The third-order valence-electron chi connectivity index (χ3n) is 4.70. The molecule has 0 spiro atoms. The Hall–Kier alpha value is -1.13. The highest BCUT2D eigenvalue weighted by molar-refractivity contribution is 5.46. The molecule has 0 bridgehead atoms. The highest BCUT2D eigenvalue weighted by Crippen LogP contribution is 2.24. The predicted octanol–water partition coefficient (Wildman–Crippen LogP) is 2.03. The third-order valence-corrected chi connectivity index (χ3v) is 4.70. The maximum absolute atomic E-state index is 9.18. The molecule has 2 aliphatic heterocycles. The van der Waals surface area contributed by atoms with Gasteiger partial charge in [-0.1, -0.05) is 6.42 Å². The van der Waals surface area contributed by atoms with E-state index in [1.54, 1.807) is 6.20 Å². The first kappa shape index (κ1) is 13.8. The second-order valence-electron chi connectivity index (χ2n) is 5.98. The van der Waals surface area contributed by atoms with Gasteiger partial charge in [0.15, 0.2) is 0 Å². The van der Waals surface area contributed by atoms with Gasteiger partial charge < -0.3 is 14.9 Å². The molecule has 0 radical (unpaired) electrons. The van der Waals surface area contributed by atoms with Gasteiger partial charge in [-0.15, -0.1) is 0 Å². The molecule has 0 aliphatic carbocycles. The average Bonchev–Trinajstić information content (AvgIpc) is 2.56. The van der Waals surface area contributed by atoms with Crippen LogP contribution in [0.15, 0.2) is 18.3 Å². The van der Waals surface area contributed by atoms with Crippen molar-refractivity contribution in [3.63, 3.8) is 0 Å². The molecule has 4 heteroatoms. The summed E-state index contributed by atoms with van der Waals surface area (Å²) >= 11 is 0. The summed E-state index contributed by atoms with van der Waals surface area (Å²) in [5.41, 5.74) is 1.97. The molecule has 20 heavy (non-hydrogen) atoms. The van der Waals surface area contributed by atoms with E-state index >= 15 is 0 Å². The van der Waals surface area contributed by atoms with E-state index in [4.69, 9.17) is 0 Å². The molecule has 4 nitrogen and oxygen atoms in total. The SMILES string of the molecule is OCc1cc(N2CCC(N3CCCCC3)CC2)ccn1. The summed E-state index contributed by atoms with van der Waals surface area (Å²) in [5.74, 6) is 0. The molecule has 2 saturated heterocycles. The summed E-state index contributed by atoms with van der Waals surface area (Å²) in [6.07, 6.45) is 8.50. The second-order valence-corrected chi connectivity index (χ2v) is 5.98. The molecular formula is C16H25N3O. The first-order valence-corrected chi connectivity index (χ1v) is 7.91. The fourth-order valence-corrected chi connectivity index (χ4v) is 3.52. The maximum Gasteiger partial charge on any atom is 0.0853 e. The van der Waals surface area contributed by atoms with E-state index in [0.717, 1.165) is 24.8 Å². The number of hydrogen-bond donors (Lipinski definition) is 1. The molecule has 0 amide bonds. The Kier molecular flexibility index (Phi) is 4.53. The molecule has 1 aromatic heterocycles. The lowest BCUT2D eigenvalue weighted by Gasteiger charge is -2.41. The number of aliphatic hydroxyl groups is 1. The molecule has 0 aromatic carbocycles. The molecule has 1 N–H and O–H groups in total. The van der Waals surface area contributed by atoms with E-state index in [2.05, 4.69) is 20.9 Å². The summed E-state index contributed by atoms with van der Waals surface area (Å²) in [7, 11) is 0. The van der Waals surface area contributed by atoms with Gasteiger partial charge in [0.2, 0.25) is 0 Å². The summed E-state index contributed by atoms with van der Waals surface area (Å²) in [4.78, 5) is 9.29. The Morgan fingerprint density at radius 3 is 2.55 bits per heavy atom. The van der Waals surface area contributed by atoms with Crippen molar-refractivity contribution in [2.24, 2.45) is 0 Å². The minimum atomic E-state index is 0.0259. The molecule has 3 rings (SSSR count). The number of nitrogens with zero attached hydrogens (tertiary/aromatic N) is 3. The molecule has 0 saturated carbocycles. The number of pyridine rings is 1. The third kappa shape index (κ3) is 3.13. The van der Waals surface area contributed by atoms with E-state index in [1.165, 1.54) is 50.9 Å². The molecule has 0 atom stereocenters. The van der Waals surface area contributed by atoms with Crippen LogP contribution in [0.4, 0.5) is 5.69 Å². The first-order chi connectivity index (χ1) is 9.86. The number of rotatable bonds is 3. The minimum absolute atomic E-state index is 0.0259. The standard InChI is InChI=1S/C16H25N3O/c20-13-14-12-16(4-7-17-14)19-10-5-15(6-11-19)18-8-2-1-3-9-18/h4,7,12,15,20H,1-3,5-6,8-11,13H2. The van der Waals surface area contributed by atoms with Crippen LogP contribution < -0.4 is 4.90 Å². The van der Waals surface area contributed by atoms with Crippen molar-refractivity contribution in [2.75, 3.05) is 31.1 Å². The van der Waals surface area contributed by atoms with Gasteiger partial charge in [-0.25, -0.2) is 0 Å². The number of anilines is 1. The summed E-state index contributed by atoms with van der Waals surface area (Å²) < 4.78 is 0. The zero-order valence-electron chi connectivity index (χ0n) is 12.2. The quantitative estimate of drug-likeness (QED) is 0.916. The average molecular weight is 275 g/mol. The van der Waals surface area contributed by atoms with E-state index in [9.17, 15) is 5.11 Å². The van der Waals surface area contributed by atoms with Gasteiger partial charge in [-0.05, 0) is 50.9 Å². The lowest BCUT2D eigenvalue weighted by Crippen LogP contribution is -2.46. The van der Waals surface area contributed by atoms with Gasteiger partial charge in [0.05, 0.1) is 12.3 Å². The monoisotopic (exact) mass is 275 g/mol. The van der Waals surface area contributed by atoms with Gasteiger partial charge in [-0.2, -0.15) is 0 Å². The van der Waals surface area contributed by atoms with Crippen LogP contribution in [0, 0.1) is 0 Å². The van der Waals surface area contributed by atoms with Crippen molar-refractivity contribution >= 4 is 5.69 Å². The van der Waals surface area contributed by atoms with Gasteiger partial charge in [0.25, 0.3) is 0 Å². The van der Waals surface area contributed by atoms with Crippen LogP contribution in [0.1, 0.15) is 37.8 Å². The Bertz CT molecular complexity index is 423. The van der Waals surface area contributed by atoms with Crippen LogP contribution in [0.25, 0.3) is 0 Å². The molecule has 2 fully saturated rings. The van der Waals surface area contributed by atoms with E-state index in [1.807, 2.05) is 6.07 Å². The van der Waals surface area contributed by atoms with Crippen molar-refractivity contribution < 1.29 is 5.11 Å². The zero-order chi connectivity index (χ0) is 13.8. The fraction of sp³-hybridized carbons (Fsp3) is 0.688. The Morgan fingerprint density at radius 2 is 1.85 bits per heavy atom. The Morgan fingerprint density at radius 1 is 1.10 bits per heavy atom. The molecule has 110 valence electrons. The second kappa shape index (κ2) is 6.55. The van der Waals surface area contributed by atoms with Crippen LogP contribution in [-0.2, 0) is 6.61 Å². The smallest absolute Gasteiger partial charge is 0.0853 e. The fourth-order valence-electron chi connectivity index (χ4n) is 3.52. The predicted molar refractivity (Wildman–Crippen MR) is 80.8 cm³/mol. The normalized spacial score (nSPS) is 22.1. The molecule has 3 heterocycles. The maximum atomic E-state index is 9.18. The van der Waals surface area contributed by atoms with Crippen LogP contribution in [-0.4, -0.2) is 47.2 Å². The van der Waals surface area contributed by atoms with Crippen molar-refractivity contribution in [3.05, 3.63) is 24.0 Å². The highest BCUT2D eigenvalue weighted by atomic mass is 16.3. The zero-order valence-corrected chi connectivity index (χ0v) is 12.2. The number of piperidine rings is 2. The highest BCUT2D eigenvalue weighted by Gasteiger charge is 2.25.